The number of halogens is 2. The van der Waals surface area contributed by atoms with Gasteiger partial charge in [-0.3, -0.25) is 0 Å². The van der Waals surface area contributed by atoms with E-state index < -0.39 is 5.63 Å². The van der Waals surface area contributed by atoms with Gasteiger partial charge in [-0.05, 0) is 24.6 Å². The van der Waals surface area contributed by atoms with Crippen LogP contribution in [0.5, 0.6) is 5.75 Å². The Morgan fingerprint density at radius 2 is 1.85 bits per heavy atom. The molecule has 3 heterocycles. The Bertz CT molecular complexity index is 1410. The summed E-state index contributed by atoms with van der Waals surface area (Å²) in [6, 6.07) is 16.4. The van der Waals surface area contributed by atoms with Crippen LogP contribution in [-0.4, -0.2) is 15.8 Å². The van der Waals surface area contributed by atoms with Crippen LogP contribution >= 0.6 is 34.5 Å². The summed E-state index contributed by atoms with van der Waals surface area (Å²) >= 11 is 14.4. The molecule has 9 heteroatoms. The Kier molecular flexibility index (Phi) is 5.70. The number of anilines is 1. The van der Waals surface area contributed by atoms with Crippen molar-refractivity contribution in [3.05, 3.63) is 97.3 Å². The van der Waals surface area contributed by atoms with E-state index in [1.165, 1.54) is 17.4 Å². The minimum absolute atomic E-state index is 0.0156. The van der Waals surface area contributed by atoms with Crippen molar-refractivity contribution < 1.29 is 9.52 Å². The molecule has 2 aromatic carbocycles. The number of hydrogen-bond donors (Lipinski definition) is 1. The smallest absolute Gasteiger partial charge is 0.349 e. The molecule has 1 atom stereocenters. The molecule has 1 unspecified atom stereocenters. The lowest BCUT2D eigenvalue weighted by Crippen LogP contribution is -2.19. The maximum Gasteiger partial charge on any atom is 0.349 e. The Morgan fingerprint density at radius 3 is 2.55 bits per heavy atom. The summed E-state index contributed by atoms with van der Waals surface area (Å²) in [5.41, 5.74) is 2.29. The number of hydrogen-bond acceptors (Lipinski definition) is 7. The molecule has 0 bridgehead atoms. The molecule has 4 aromatic rings. The molecule has 1 aliphatic rings. The fourth-order valence-electron chi connectivity index (χ4n) is 3.86. The van der Waals surface area contributed by atoms with Crippen molar-refractivity contribution in [2.75, 3.05) is 5.01 Å². The molecular weight excluding hydrogens is 481 g/mol. The van der Waals surface area contributed by atoms with E-state index in [1.54, 1.807) is 35.5 Å². The van der Waals surface area contributed by atoms with E-state index in [-0.39, 0.29) is 17.4 Å². The summed E-state index contributed by atoms with van der Waals surface area (Å²) in [6.45, 7) is 1.60. The summed E-state index contributed by atoms with van der Waals surface area (Å²) in [5.74, 6) is 0.142. The number of nitrogens with zero attached hydrogens (tertiary/aromatic N) is 3. The first kappa shape index (κ1) is 21.7. The summed E-state index contributed by atoms with van der Waals surface area (Å²) in [7, 11) is 0. The lowest BCUT2D eigenvalue weighted by atomic mass is 9.98. The topological polar surface area (TPSA) is 78.9 Å². The summed E-state index contributed by atoms with van der Waals surface area (Å²) < 4.78 is 5.15. The molecule has 166 valence electrons. The lowest BCUT2D eigenvalue weighted by molar-refractivity contribution is 0.438. The Hall–Kier alpha value is -3.13. The van der Waals surface area contributed by atoms with Crippen LogP contribution in [0.4, 0.5) is 5.13 Å². The van der Waals surface area contributed by atoms with Gasteiger partial charge in [0.25, 0.3) is 0 Å². The van der Waals surface area contributed by atoms with Gasteiger partial charge in [0.15, 0.2) is 0 Å². The summed E-state index contributed by atoms with van der Waals surface area (Å²) in [6.07, 6.45) is 0.570. The highest BCUT2D eigenvalue weighted by atomic mass is 35.5. The highest BCUT2D eigenvalue weighted by Crippen LogP contribution is 2.44. The zero-order valence-corrected chi connectivity index (χ0v) is 19.7. The van der Waals surface area contributed by atoms with Crippen molar-refractivity contribution in [2.45, 2.75) is 19.4 Å². The zero-order chi connectivity index (χ0) is 23.1. The minimum atomic E-state index is -0.648. The highest BCUT2D eigenvalue weighted by molar-refractivity contribution is 7.14. The Labute approximate surface area is 203 Å². The predicted octanol–water partition coefficient (Wildman–Crippen LogP) is 6.44. The summed E-state index contributed by atoms with van der Waals surface area (Å²) in [4.78, 5) is 17.0. The second-order valence-corrected chi connectivity index (χ2v) is 9.18. The molecular formula is C24H17Cl2N3O3S. The van der Waals surface area contributed by atoms with Gasteiger partial charge in [-0.2, -0.15) is 5.10 Å². The van der Waals surface area contributed by atoms with Crippen LogP contribution in [0.25, 0.3) is 11.3 Å². The molecule has 6 nitrogen and oxygen atoms in total. The van der Waals surface area contributed by atoms with Gasteiger partial charge in [-0.25, -0.2) is 14.8 Å². The normalized spacial score (nSPS) is 15.7. The first-order valence-corrected chi connectivity index (χ1v) is 11.7. The average molecular weight is 498 g/mol. The quantitative estimate of drug-likeness (QED) is 0.350. The van der Waals surface area contributed by atoms with Crippen molar-refractivity contribution in [2.24, 2.45) is 5.10 Å². The Balaban J connectivity index is 1.61. The number of thiazole rings is 1. The van der Waals surface area contributed by atoms with Gasteiger partial charge in [0, 0.05) is 33.5 Å². The van der Waals surface area contributed by atoms with Crippen LogP contribution in [0.3, 0.4) is 0 Å². The van der Waals surface area contributed by atoms with Crippen molar-refractivity contribution in [1.29, 1.82) is 0 Å². The molecule has 2 aromatic heterocycles. The first-order valence-electron chi connectivity index (χ1n) is 10.1. The molecule has 0 radical (unpaired) electrons. The van der Waals surface area contributed by atoms with Crippen molar-refractivity contribution in [1.82, 2.24) is 4.98 Å². The van der Waals surface area contributed by atoms with Crippen LogP contribution < -0.4 is 10.6 Å². The number of aromatic nitrogens is 1. The minimum Gasteiger partial charge on any atom is -0.507 e. The highest BCUT2D eigenvalue weighted by Gasteiger charge is 2.34. The molecule has 1 aliphatic heterocycles. The second-order valence-electron chi connectivity index (χ2n) is 7.53. The molecule has 0 fully saturated rings. The fraction of sp³-hybridized carbons (Fsp3) is 0.125. The van der Waals surface area contributed by atoms with Crippen LogP contribution in [0.2, 0.25) is 10.0 Å². The van der Waals surface area contributed by atoms with E-state index in [0.29, 0.717) is 33.1 Å². The van der Waals surface area contributed by atoms with Crippen LogP contribution in [-0.2, 0) is 0 Å². The van der Waals surface area contributed by atoms with Crippen LogP contribution in [0.15, 0.2) is 74.3 Å². The SMILES string of the molecule is Cc1cc(O)c(-c2csc(N3N=C(c4ccccc4)CC3c3c(Cl)cccc3Cl)n2)c(=O)o1. The van der Waals surface area contributed by atoms with Gasteiger partial charge in [0.1, 0.15) is 17.1 Å². The van der Waals surface area contributed by atoms with E-state index in [1.807, 2.05) is 30.3 Å². The number of aromatic hydroxyl groups is 1. The van der Waals surface area contributed by atoms with E-state index >= 15 is 0 Å². The van der Waals surface area contributed by atoms with Gasteiger partial charge in [-0.15, -0.1) is 11.3 Å². The van der Waals surface area contributed by atoms with E-state index in [0.717, 1.165) is 16.8 Å². The molecule has 0 spiro atoms. The van der Waals surface area contributed by atoms with E-state index in [2.05, 4.69) is 4.98 Å². The maximum atomic E-state index is 12.4. The molecule has 0 saturated heterocycles. The van der Waals surface area contributed by atoms with Crippen molar-refractivity contribution >= 4 is 45.4 Å². The van der Waals surface area contributed by atoms with Crippen molar-refractivity contribution in [3.63, 3.8) is 0 Å². The standard InChI is InChI=1S/C24H17Cl2N3O3S/c1-13-10-20(30)22(23(31)32-13)18-12-33-24(27-18)29-19(21-15(25)8-5-9-16(21)26)11-17(28-29)14-6-3-2-4-7-14/h2-10,12,19,30H,11H2,1H3. The van der Waals surface area contributed by atoms with Gasteiger partial charge >= 0.3 is 5.63 Å². The van der Waals surface area contributed by atoms with Gasteiger partial charge < -0.3 is 9.52 Å². The van der Waals surface area contributed by atoms with Crippen molar-refractivity contribution in [3.8, 4) is 17.0 Å². The number of hydrazone groups is 1. The van der Waals surface area contributed by atoms with Gasteiger partial charge in [0.05, 0.1) is 17.4 Å². The monoisotopic (exact) mass is 497 g/mol. The van der Waals surface area contributed by atoms with Gasteiger partial charge in [-0.1, -0.05) is 59.6 Å². The van der Waals surface area contributed by atoms with Gasteiger partial charge in [0.2, 0.25) is 5.13 Å². The van der Waals surface area contributed by atoms with E-state index in [4.69, 9.17) is 32.7 Å². The molecule has 1 N–H and O–H groups in total. The third-order valence-corrected chi connectivity index (χ3v) is 6.84. The molecule has 0 aliphatic carbocycles. The zero-order valence-electron chi connectivity index (χ0n) is 17.3. The fourth-order valence-corrected chi connectivity index (χ4v) is 5.33. The second kappa shape index (κ2) is 8.67. The first-order chi connectivity index (χ1) is 15.9. The predicted molar refractivity (Wildman–Crippen MR) is 132 cm³/mol. The van der Waals surface area contributed by atoms with E-state index in [9.17, 15) is 9.90 Å². The third kappa shape index (κ3) is 4.04. The molecule has 0 saturated carbocycles. The van der Waals surface area contributed by atoms with Crippen LogP contribution in [0.1, 0.15) is 29.3 Å². The Morgan fingerprint density at radius 1 is 1.12 bits per heavy atom. The number of benzene rings is 2. The number of aryl methyl sites for hydroxylation is 1. The summed E-state index contributed by atoms with van der Waals surface area (Å²) in [5, 5.41) is 20.3. The molecule has 33 heavy (non-hydrogen) atoms. The van der Waals surface area contributed by atoms with Crippen LogP contribution in [0, 0.1) is 6.92 Å². The molecule has 0 amide bonds. The average Bonchev–Trinajstić information content (AvgIpc) is 3.41. The molecule has 5 rings (SSSR count). The third-order valence-electron chi connectivity index (χ3n) is 5.35. The largest absolute Gasteiger partial charge is 0.507 e. The maximum absolute atomic E-state index is 12.4. The lowest BCUT2D eigenvalue weighted by Gasteiger charge is -2.23. The number of rotatable bonds is 4.